The number of aromatic nitrogens is 2. The summed E-state index contributed by atoms with van der Waals surface area (Å²) in [5.74, 6) is 1.23. The van der Waals surface area contributed by atoms with E-state index in [0.717, 1.165) is 37.5 Å². The van der Waals surface area contributed by atoms with Crippen molar-refractivity contribution in [1.82, 2.24) is 20.8 Å². The summed E-state index contributed by atoms with van der Waals surface area (Å²) in [7, 11) is 0. The van der Waals surface area contributed by atoms with Crippen LogP contribution in [0.5, 0.6) is 0 Å². The average Bonchev–Trinajstić information content (AvgIpc) is 3.02. The summed E-state index contributed by atoms with van der Waals surface area (Å²) in [6.45, 7) is 0. The smallest absolute Gasteiger partial charge is 0.268 e. The summed E-state index contributed by atoms with van der Waals surface area (Å²) < 4.78 is 0. The van der Waals surface area contributed by atoms with Crippen LogP contribution < -0.4 is 10.9 Å². The van der Waals surface area contributed by atoms with E-state index in [1.165, 1.54) is 6.20 Å². The van der Waals surface area contributed by atoms with E-state index in [0.29, 0.717) is 34.0 Å². The van der Waals surface area contributed by atoms with Crippen molar-refractivity contribution < 1.29 is 9.90 Å². The van der Waals surface area contributed by atoms with Gasteiger partial charge in [0.1, 0.15) is 5.65 Å². The molecule has 2 aromatic heterocycles. The number of aromatic amines is 1. The Labute approximate surface area is 150 Å². The van der Waals surface area contributed by atoms with Crippen molar-refractivity contribution in [2.24, 2.45) is 17.8 Å². The van der Waals surface area contributed by atoms with Crippen LogP contribution in [0.1, 0.15) is 42.5 Å². The van der Waals surface area contributed by atoms with Gasteiger partial charge in [0.05, 0.1) is 16.2 Å². The molecule has 0 aliphatic heterocycles. The van der Waals surface area contributed by atoms with Gasteiger partial charge < -0.3 is 10.1 Å². The normalized spacial score (nSPS) is 36.1. The van der Waals surface area contributed by atoms with E-state index in [1.54, 1.807) is 6.20 Å². The molecule has 2 unspecified atom stereocenters. The number of hydrogen-bond donors (Lipinski definition) is 4. The number of H-pyrrole nitrogens is 1. The Bertz CT molecular complexity index is 835. The van der Waals surface area contributed by atoms with Crippen LogP contribution in [0.4, 0.5) is 0 Å². The van der Waals surface area contributed by atoms with Gasteiger partial charge in [-0.3, -0.25) is 10.2 Å². The highest BCUT2D eigenvalue weighted by Gasteiger charge is 2.54. The minimum Gasteiger partial charge on any atom is -0.390 e. The highest BCUT2D eigenvalue weighted by molar-refractivity contribution is 6.38. The van der Waals surface area contributed by atoms with E-state index in [1.807, 2.05) is 6.07 Å². The third kappa shape index (κ3) is 2.46. The molecular formula is C18H21ClN4O2. The lowest BCUT2D eigenvalue weighted by Gasteiger charge is -2.58. The van der Waals surface area contributed by atoms with Crippen molar-refractivity contribution in [3.05, 3.63) is 29.0 Å². The van der Waals surface area contributed by atoms with Crippen molar-refractivity contribution in [3.63, 3.8) is 0 Å². The molecule has 4 saturated carbocycles. The maximum Gasteiger partial charge on any atom is 0.268 e. The van der Waals surface area contributed by atoms with Crippen molar-refractivity contribution in [2.75, 3.05) is 0 Å². The first-order valence-electron chi connectivity index (χ1n) is 8.92. The first-order valence-corrected chi connectivity index (χ1v) is 9.30. The Kier molecular flexibility index (Phi) is 3.39. The molecule has 0 radical (unpaired) electrons. The second-order valence-corrected chi connectivity index (χ2v) is 8.42. The predicted molar refractivity (Wildman–Crippen MR) is 94.0 cm³/mol. The van der Waals surface area contributed by atoms with Gasteiger partial charge in [-0.15, -0.1) is 0 Å². The van der Waals surface area contributed by atoms with E-state index in [9.17, 15) is 9.90 Å². The molecule has 1 amide bonds. The lowest BCUT2D eigenvalue weighted by atomic mass is 9.52. The van der Waals surface area contributed by atoms with E-state index < -0.39 is 5.60 Å². The van der Waals surface area contributed by atoms with Crippen LogP contribution >= 0.6 is 11.6 Å². The lowest BCUT2D eigenvalue weighted by Crippen LogP contribution is -2.63. The highest BCUT2D eigenvalue weighted by Crippen LogP contribution is 2.55. The van der Waals surface area contributed by atoms with Crippen molar-refractivity contribution in [2.45, 2.75) is 43.7 Å². The zero-order valence-corrected chi connectivity index (χ0v) is 14.5. The molecule has 6 rings (SSSR count). The van der Waals surface area contributed by atoms with Crippen LogP contribution in [0.25, 0.3) is 11.0 Å². The van der Waals surface area contributed by atoms with Crippen LogP contribution in [0.3, 0.4) is 0 Å². The number of rotatable bonds is 3. The Balaban J connectivity index is 1.31. The fourth-order valence-electron chi connectivity index (χ4n) is 5.57. The molecule has 132 valence electrons. The minimum absolute atomic E-state index is 0.225. The van der Waals surface area contributed by atoms with Gasteiger partial charge in [0.25, 0.3) is 5.91 Å². The standard InChI is InChI=1S/C18H21ClN4O2/c19-14-12-1-2-20-16(12)21-8-13(14)17(24)23-22-15-10-3-9-4-11(15)7-18(25,5-9)6-10/h1-2,8-11,15,22,25H,3-7H2,(H,20,21)(H,23,24). The highest BCUT2D eigenvalue weighted by atomic mass is 35.5. The molecule has 4 bridgehead atoms. The molecule has 2 aromatic rings. The average molecular weight is 361 g/mol. The number of hydrazine groups is 1. The summed E-state index contributed by atoms with van der Waals surface area (Å²) in [6.07, 6.45) is 8.17. The summed E-state index contributed by atoms with van der Waals surface area (Å²) >= 11 is 6.36. The molecule has 25 heavy (non-hydrogen) atoms. The number of hydrogen-bond acceptors (Lipinski definition) is 4. The third-order valence-electron chi connectivity index (χ3n) is 6.36. The number of carbonyl (C=O) groups is 1. The number of amides is 1. The van der Waals surface area contributed by atoms with Crippen molar-refractivity contribution in [1.29, 1.82) is 0 Å². The first kappa shape index (κ1) is 15.6. The largest absolute Gasteiger partial charge is 0.390 e. The number of pyridine rings is 1. The summed E-state index contributed by atoms with van der Waals surface area (Å²) in [4.78, 5) is 19.8. The van der Waals surface area contributed by atoms with Crippen LogP contribution in [-0.4, -0.2) is 32.6 Å². The Morgan fingerprint density at radius 2 is 2.08 bits per heavy atom. The van der Waals surface area contributed by atoms with E-state index >= 15 is 0 Å². The van der Waals surface area contributed by atoms with Crippen LogP contribution in [0.2, 0.25) is 5.02 Å². The fraction of sp³-hybridized carbons (Fsp3) is 0.556. The Morgan fingerprint density at radius 3 is 2.80 bits per heavy atom. The fourth-order valence-corrected chi connectivity index (χ4v) is 5.85. The molecule has 4 aliphatic carbocycles. The lowest BCUT2D eigenvalue weighted by molar-refractivity contribution is -0.139. The summed E-state index contributed by atoms with van der Waals surface area (Å²) in [6, 6.07) is 2.04. The van der Waals surface area contributed by atoms with Crippen molar-refractivity contribution >= 4 is 28.5 Å². The molecule has 4 fully saturated rings. The number of fused-ring (bicyclic) bond motifs is 1. The molecule has 4 N–H and O–H groups in total. The molecule has 7 heteroatoms. The third-order valence-corrected chi connectivity index (χ3v) is 6.77. The minimum atomic E-state index is -0.467. The number of carbonyl (C=O) groups excluding carboxylic acids is 1. The molecule has 2 heterocycles. The Morgan fingerprint density at radius 1 is 1.32 bits per heavy atom. The van der Waals surface area contributed by atoms with E-state index in [-0.39, 0.29) is 11.9 Å². The predicted octanol–water partition coefficient (Wildman–Crippen LogP) is 2.39. The zero-order valence-electron chi connectivity index (χ0n) is 13.8. The quantitative estimate of drug-likeness (QED) is 0.633. The molecule has 0 saturated heterocycles. The monoisotopic (exact) mass is 360 g/mol. The van der Waals surface area contributed by atoms with Gasteiger partial charge in [0.15, 0.2) is 0 Å². The number of halogens is 1. The topological polar surface area (TPSA) is 90.0 Å². The van der Waals surface area contributed by atoms with Crippen LogP contribution in [-0.2, 0) is 0 Å². The maximum absolute atomic E-state index is 12.6. The summed E-state index contributed by atoms with van der Waals surface area (Å²) in [5.41, 5.74) is 6.64. The summed E-state index contributed by atoms with van der Waals surface area (Å²) in [5, 5.41) is 11.8. The number of aliphatic hydroxyl groups is 1. The zero-order chi connectivity index (χ0) is 17.2. The number of nitrogens with zero attached hydrogens (tertiary/aromatic N) is 1. The molecule has 0 aromatic carbocycles. The second kappa shape index (κ2) is 5.43. The number of nitrogens with one attached hydrogen (secondary N) is 3. The molecule has 4 aliphatic rings. The molecule has 0 spiro atoms. The second-order valence-electron chi connectivity index (χ2n) is 8.04. The van der Waals surface area contributed by atoms with Crippen molar-refractivity contribution in [3.8, 4) is 0 Å². The van der Waals surface area contributed by atoms with Gasteiger partial charge in [-0.2, -0.15) is 0 Å². The van der Waals surface area contributed by atoms with Gasteiger partial charge in [0, 0.05) is 23.8 Å². The van der Waals surface area contributed by atoms with Gasteiger partial charge in [-0.05, 0) is 55.9 Å². The van der Waals surface area contributed by atoms with Gasteiger partial charge in [-0.1, -0.05) is 11.6 Å². The van der Waals surface area contributed by atoms with Crippen LogP contribution in [0, 0.1) is 17.8 Å². The first-order chi connectivity index (χ1) is 12.0. The SMILES string of the molecule is O=C(NNC1C2CC3CC1CC(O)(C3)C2)c1cnc2[nH]ccc2c1Cl. The van der Waals surface area contributed by atoms with Gasteiger partial charge in [-0.25, -0.2) is 10.4 Å². The van der Waals surface area contributed by atoms with Gasteiger partial charge >= 0.3 is 0 Å². The molecule has 2 atom stereocenters. The van der Waals surface area contributed by atoms with E-state index in [2.05, 4.69) is 20.8 Å². The van der Waals surface area contributed by atoms with Crippen LogP contribution in [0.15, 0.2) is 18.5 Å². The molecule has 6 nitrogen and oxygen atoms in total. The van der Waals surface area contributed by atoms with Gasteiger partial charge in [0.2, 0.25) is 0 Å². The van der Waals surface area contributed by atoms with E-state index in [4.69, 9.17) is 11.6 Å². The molecular weight excluding hydrogens is 340 g/mol. The Hall–Kier alpha value is -1.63. The maximum atomic E-state index is 12.6.